The molecule has 2 rings (SSSR count). The van der Waals surface area contributed by atoms with Gasteiger partial charge in [-0.1, -0.05) is 12.1 Å². The van der Waals surface area contributed by atoms with E-state index < -0.39 is 0 Å². The fraction of sp³-hybridized carbons (Fsp3) is 0.417. The van der Waals surface area contributed by atoms with Gasteiger partial charge < -0.3 is 10.4 Å². The van der Waals surface area contributed by atoms with Gasteiger partial charge in [-0.05, 0) is 36.6 Å². The van der Waals surface area contributed by atoms with E-state index in [0.717, 1.165) is 25.1 Å². The van der Waals surface area contributed by atoms with Gasteiger partial charge in [0.25, 0.3) is 0 Å². The summed E-state index contributed by atoms with van der Waals surface area (Å²) >= 11 is 0. The van der Waals surface area contributed by atoms with Crippen LogP contribution in [0.1, 0.15) is 18.0 Å². The Hall–Kier alpha value is -1.64. The van der Waals surface area contributed by atoms with Crippen LogP contribution in [0.2, 0.25) is 0 Å². The molecule has 2 unspecified atom stereocenters. The zero-order valence-electron chi connectivity index (χ0n) is 8.89. The molecule has 1 fully saturated rings. The third-order valence-electron chi connectivity index (χ3n) is 2.97. The summed E-state index contributed by atoms with van der Waals surface area (Å²) < 4.78 is 0. The number of nitrogens with one attached hydrogen (secondary N) is 1. The minimum absolute atomic E-state index is 0.145. The summed E-state index contributed by atoms with van der Waals surface area (Å²) in [6, 6.07) is 6.70. The molecule has 1 aliphatic rings. The van der Waals surface area contributed by atoms with E-state index in [2.05, 4.69) is 10.3 Å². The Labute approximate surface area is 94.0 Å². The lowest BCUT2D eigenvalue weighted by atomic mass is 9.93. The van der Waals surface area contributed by atoms with Crippen LogP contribution >= 0.6 is 0 Å². The van der Waals surface area contributed by atoms with Gasteiger partial charge in [0.1, 0.15) is 5.75 Å². The Balaban J connectivity index is 2.24. The third kappa shape index (κ3) is 2.30. The van der Waals surface area contributed by atoms with Crippen molar-refractivity contribution in [1.82, 2.24) is 5.32 Å². The number of hydrogen-bond acceptors (Lipinski definition) is 4. The van der Waals surface area contributed by atoms with Gasteiger partial charge in [-0.2, -0.15) is 4.99 Å². The lowest BCUT2D eigenvalue weighted by Gasteiger charge is -2.17. The van der Waals surface area contributed by atoms with E-state index in [4.69, 9.17) is 0 Å². The van der Waals surface area contributed by atoms with E-state index in [1.807, 2.05) is 0 Å². The van der Waals surface area contributed by atoms with Crippen molar-refractivity contribution in [2.45, 2.75) is 12.5 Å². The van der Waals surface area contributed by atoms with Crippen molar-refractivity contribution in [2.75, 3.05) is 13.1 Å². The second-order valence-electron chi connectivity index (χ2n) is 4.01. The van der Waals surface area contributed by atoms with Gasteiger partial charge >= 0.3 is 0 Å². The molecule has 0 bridgehead atoms. The van der Waals surface area contributed by atoms with Crippen LogP contribution in [0, 0.1) is 5.92 Å². The highest BCUT2D eigenvalue weighted by molar-refractivity contribution is 5.37. The molecule has 0 radical (unpaired) electrons. The van der Waals surface area contributed by atoms with Crippen LogP contribution in [0.5, 0.6) is 5.75 Å². The van der Waals surface area contributed by atoms with Crippen molar-refractivity contribution < 1.29 is 9.90 Å². The lowest BCUT2D eigenvalue weighted by molar-refractivity contribution is 0.460. The van der Waals surface area contributed by atoms with Gasteiger partial charge in [-0.3, -0.25) is 0 Å². The molecule has 0 amide bonds. The Morgan fingerprint density at radius 2 is 2.19 bits per heavy atom. The van der Waals surface area contributed by atoms with Gasteiger partial charge in [0, 0.05) is 6.54 Å². The largest absolute Gasteiger partial charge is 0.508 e. The topological polar surface area (TPSA) is 61.7 Å². The van der Waals surface area contributed by atoms with E-state index in [1.165, 1.54) is 0 Å². The average molecular weight is 218 g/mol. The molecule has 1 saturated heterocycles. The number of benzene rings is 1. The highest BCUT2D eigenvalue weighted by Crippen LogP contribution is 2.30. The van der Waals surface area contributed by atoms with Crippen molar-refractivity contribution in [1.29, 1.82) is 0 Å². The molecule has 1 aromatic rings. The second-order valence-corrected chi connectivity index (χ2v) is 4.01. The maximum absolute atomic E-state index is 10.5. The van der Waals surface area contributed by atoms with Gasteiger partial charge in [0.2, 0.25) is 6.08 Å². The molecule has 0 spiro atoms. The van der Waals surface area contributed by atoms with Crippen molar-refractivity contribution in [3.05, 3.63) is 29.8 Å². The molecule has 2 N–H and O–H groups in total. The molecule has 0 saturated carbocycles. The molecule has 1 aromatic carbocycles. The van der Waals surface area contributed by atoms with Gasteiger partial charge in [-0.25, -0.2) is 4.79 Å². The predicted octanol–water partition coefficient (Wildman–Crippen LogP) is 1.38. The lowest BCUT2D eigenvalue weighted by Crippen LogP contribution is -2.15. The summed E-state index contributed by atoms with van der Waals surface area (Å²) in [7, 11) is 0. The maximum atomic E-state index is 10.5. The van der Waals surface area contributed by atoms with E-state index in [0.29, 0.717) is 5.92 Å². The van der Waals surface area contributed by atoms with Crippen LogP contribution < -0.4 is 5.32 Å². The average Bonchev–Trinajstić information content (AvgIpc) is 2.81. The Bertz CT molecular complexity index is 390. The van der Waals surface area contributed by atoms with Crippen LogP contribution in [-0.4, -0.2) is 24.3 Å². The summed E-state index contributed by atoms with van der Waals surface area (Å²) in [4.78, 5) is 14.3. The summed E-state index contributed by atoms with van der Waals surface area (Å²) in [6.45, 7) is 1.84. The molecule has 4 heteroatoms. The fourth-order valence-corrected chi connectivity index (χ4v) is 2.13. The quantitative estimate of drug-likeness (QED) is 0.595. The highest BCUT2D eigenvalue weighted by Gasteiger charge is 2.25. The molecule has 0 aromatic heterocycles. The predicted molar refractivity (Wildman–Crippen MR) is 59.9 cm³/mol. The number of aliphatic imine (C=N–C) groups is 1. The number of phenolic OH excluding ortho intramolecular Hbond substituents is 1. The zero-order valence-corrected chi connectivity index (χ0v) is 8.89. The molecule has 4 nitrogen and oxygen atoms in total. The van der Waals surface area contributed by atoms with Crippen LogP contribution in [0.4, 0.5) is 0 Å². The first-order chi connectivity index (χ1) is 7.81. The van der Waals surface area contributed by atoms with Crippen LogP contribution in [0.15, 0.2) is 29.3 Å². The number of nitrogens with zero attached hydrogens (tertiary/aromatic N) is 1. The van der Waals surface area contributed by atoms with Gasteiger partial charge in [0.15, 0.2) is 0 Å². The molecule has 1 heterocycles. The number of hydrogen-bond donors (Lipinski definition) is 2. The normalized spacial score (nSPS) is 21.4. The monoisotopic (exact) mass is 218 g/mol. The number of aromatic hydroxyl groups is 1. The SMILES string of the molecule is O=C=NC(c1ccc(O)cc1)C1CCNC1. The van der Waals surface area contributed by atoms with Crippen LogP contribution in [0.3, 0.4) is 0 Å². The summed E-state index contributed by atoms with van der Waals surface area (Å²) in [6.07, 6.45) is 2.65. The summed E-state index contributed by atoms with van der Waals surface area (Å²) in [5, 5.41) is 12.5. The van der Waals surface area contributed by atoms with E-state index >= 15 is 0 Å². The number of carbonyl (C=O) groups excluding carboxylic acids is 1. The van der Waals surface area contributed by atoms with Crippen molar-refractivity contribution in [3.63, 3.8) is 0 Å². The van der Waals surface area contributed by atoms with E-state index in [9.17, 15) is 9.90 Å². The van der Waals surface area contributed by atoms with Gasteiger partial charge in [0.05, 0.1) is 6.04 Å². The number of rotatable bonds is 3. The van der Waals surface area contributed by atoms with E-state index in [-0.39, 0.29) is 11.8 Å². The highest BCUT2D eigenvalue weighted by atomic mass is 16.3. The third-order valence-corrected chi connectivity index (χ3v) is 2.97. The molecular weight excluding hydrogens is 204 g/mol. The molecule has 2 atom stereocenters. The molecular formula is C12H14N2O2. The molecule has 0 aliphatic carbocycles. The van der Waals surface area contributed by atoms with Crippen molar-refractivity contribution in [2.24, 2.45) is 10.9 Å². The van der Waals surface area contributed by atoms with Crippen molar-refractivity contribution >= 4 is 6.08 Å². The smallest absolute Gasteiger partial charge is 0.235 e. The summed E-state index contributed by atoms with van der Waals surface area (Å²) in [5.74, 6) is 0.563. The minimum atomic E-state index is -0.145. The maximum Gasteiger partial charge on any atom is 0.235 e. The Morgan fingerprint density at radius 3 is 2.75 bits per heavy atom. The zero-order chi connectivity index (χ0) is 11.4. The summed E-state index contributed by atoms with van der Waals surface area (Å²) in [5.41, 5.74) is 0.954. The van der Waals surface area contributed by atoms with Crippen molar-refractivity contribution in [3.8, 4) is 5.75 Å². The van der Waals surface area contributed by atoms with Crippen LogP contribution in [0.25, 0.3) is 0 Å². The van der Waals surface area contributed by atoms with Crippen LogP contribution in [-0.2, 0) is 4.79 Å². The number of phenols is 1. The number of isocyanates is 1. The fourth-order valence-electron chi connectivity index (χ4n) is 2.13. The molecule has 1 aliphatic heterocycles. The molecule has 16 heavy (non-hydrogen) atoms. The first-order valence-electron chi connectivity index (χ1n) is 5.38. The Kier molecular flexibility index (Phi) is 3.34. The standard InChI is InChI=1S/C12H14N2O2/c15-8-14-12(10-5-6-13-7-10)9-1-3-11(16)4-2-9/h1-4,10,12-13,16H,5-7H2. The molecule has 84 valence electrons. The second kappa shape index (κ2) is 4.92. The van der Waals surface area contributed by atoms with E-state index in [1.54, 1.807) is 30.3 Å². The Morgan fingerprint density at radius 1 is 1.44 bits per heavy atom. The van der Waals surface area contributed by atoms with Gasteiger partial charge in [-0.15, -0.1) is 0 Å². The minimum Gasteiger partial charge on any atom is -0.508 e. The first kappa shape index (κ1) is 10.9. The first-order valence-corrected chi connectivity index (χ1v) is 5.38.